The highest BCUT2D eigenvalue weighted by atomic mass is 79.9. The molecule has 0 saturated heterocycles. The van der Waals surface area contributed by atoms with Crippen LogP contribution in [-0.2, 0) is 6.54 Å². The number of nitrogens with zero attached hydrogens (tertiary/aromatic N) is 2. The largest absolute Gasteiger partial charge is 0.478 e. The summed E-state index contributed by atoms with van der Waals surface area (Å²) >= 11 is 3.23. The molecule has 0 aliphatic rings. The van der Waals surface area contributed by atoms with Gasteiger partial charge in [-0.1, -0.05) is 0 Å². The highest BCUT2D eigenvalue weighted by Crippen LogP contribution is 2.21. The maximum absolute atomic E-state index is 10.8. The van der Waals surface area contributed by atoms with Crippen LogP contribution < -0.4 is 5.32 Å². The van der Waals surface area contributed by atoms with Crippen LogP contribution in [0.5, 0.6) is 0 Å². The van der Waals surface area contributed by atoms with Gasteiger partial charge in [0.05, 0.1) is 17.8 Å². The number of hydrogen-bond donors (Lipinski definition) is 2. The van der Waals surface area contributed by atoms with Crippen molar-refractivity contribution in [2.24, 2.45) is 0 Å². The van der Waals surface area contributed by atoms with Crippen molar-refractivity contribution in [3.63, 3.8) is 0 Å². The molecule has 0 radical (unpaired) electrons. The topological polar surface area (TPSA) is 75.1 Å². The van der Waals surface area contributed by atoms with Crippen LogP contribution in [0.15, 0.2) is 41.0 Å². The van der Waals surface area contributed by atoms with Crippen LogP contribution in [0.25, 0.3) is 0 Å². The van der Waals surface area contributed by atoms with E-state index in [9.17, 15) is 4.79 Å². The van der Waals surface area contributed by atoms with Crippen molar-refractivity contribution in [2.75, 3.05) is 5.32 Å². The Bertz CT molecular complexity index is 561. The van der Waals surface area contributed by atoms with Gasteiger partial charge < -0.3 is 10.4 Å². The second-order valence-electron chi connectivity index (χ2n) is 3.57. The van der Waals surface area contributed by atoms with Crippen molar-refractivity contribution in [2.45, 2.75) is 6.54 Å². The number of aromatic carboxylic acids is 1. The average molecular weight is 308 g/mol. The minimum absolute atomic E-state index is 0.236. The Morgan fingerprint density at radius 3 is 2.83 bits per heavy atom. The molecule has 1 aromatic carbocycles. The third-order valence-electron chi connectivity index (χ3n) is 2.30. The first-order chi connectivity index (χ1) is 8.66. The van der Waals surface area contributed by atoms with Crippen LogP contribution in [0.3, 0.4) is 0 Å². The molecule has 2 N–H and O–H groups in total. The van der Waals surface area contributed by atoms with Crippen molar-refractivity contribution >= 4 is 27.6 Å². The van der Waals surface area contributed by atoms with Crippen LogP contribution in [-0.4, -0.2) is 21.3 Å². The van der Waals surface area contributed by atoms with Crippen LogP contribution in [0, 0.1) is 0 Å². The van der Waals surface area contributed by atoms with E-state index in [2.05, 4.69) is 31.4 Å². The molecule has 0 spiro atoms. The number of benzene rings is 1. The fourth-order valence-corrected chi connectivity index (χ4v) is 1.97. The van der Waals surface area contributed by atoms with Crippen LogP contribution >= 0.6 is 15.9 Å². The first kappa shape index (κ1) is 12.5. The Hall–Kier alpha value is -1.95. The molecule has 1 heterocycles. The summed E-state index contributed by atoms with van der Waals surface area (Å²) in [6, 6.07) is 8.66. The second-order valence-corrected chi connectivity index (χ2v) is 4.42. The minimum Gasteiger partial charge on any atom is -0.478 e. The number of rotatable bonds is 4. The zero-order valence-electron chi connectivity index (χ0n) is 9.30. The molecule has 5 nitrogen and oxygen atoms in total. The van der Waals surface area contributed by atoms with Crippen molar-refractivity contribution < 1.29 is 9.90 Å². The molecule has 1 aromatic heterocycles. The van der Waals surface area contributed by atoms with Gasteiger partial charge in [0.1, 0.15) is 0 Å². The van der Waals surface area contributed by atoms with Gasteiger partial charge in [-0.15, -0.1) is 0 Å². The summed E-state index contributed by atoms with van der Waals surface area (Å²) in [5.74, 6) is -0.956. The SMILES string of the molecule is O=C(O)c1ccc(NCc2cccnn2)cc1Br. The van der Waals surface area contributed by atoms with E-state index in [0.29, 0.717) is 11.0 Å². The molecule has 0 saturated carbocycles. The number of anilines is 1. The van der Waals surface area contributed by atoms with E-state index in [4.69, 9.17) is 5.11 Å². The summed E-state index contributed by atoms with van der Waals surface area (Å²) in [7, 11) is 0. The molecule has 0 unspecified atom stereocenters. The third-order valence-corrected chi connectivity index (χ3v) is 2.96. The Morgan fingerprint density at radius 1 is 1.39 bits per heavy atom. The van der Waals surface area contributed by atoms with Gasteiger partial charge in [0.2, 0.25) is 0 Å². The molecular weight excluding hydrogens is 298 g/mol. The number of hydrogen-bond acceptors (Lipinski definition) is 4. The van der Waals surface area contributed by atoms with Crippen molar-refractivity contribution in [3.05, 3.63) is 52.3 Å². The summed E-state index contributed by atoms with van der Waals surface area (Å²) in [4.78, 5) is 10.8. The fourth-order valence-electron chi connectivity index (χ4n) is 1.42. The Labute approximate surface area is 112 Å². The maximum Gasteiger partial charge on any atom is 0.336 e. The molecule has 0 bridgehead atoms. The van der Waals surface area contributed by atoms with Gasteiger partial charge in [-0.05, 0) is 46.3 Å². The number of nitrogens with one attached hydrogen (secondary N) is 1. The first-order valence-electron chi connectivity index (χ1n) is 5.20. The highest BCUT2D eigenvalue weighted by molar-refractivity contribution is 9.10. The van der Waals surface area contributed by atoms with Gasteiger partial charge in [-0.3, -0.25) is 0 Å². The standard InChI is InChI=1S/C12H10BrN3O2/c13-11-6-8(3-4-10(11)12(17)18)14-7-9-2-1-5-15-16-9/h1-6,14H,7H2,(H,17,18). The first-order valence-corrected chi connectivity index (χ1v) is 5.99. The minimum atomic E-state index is -0.956. The van der Waals surface area contributed by atoms with Crippen molar-refractivity contribution in [1.29, 1.82) is 0 Å². The van der Waals surface area contributed by atoms with Crippen LogP contribution in [0.2, 0.25) is 0 Å². The Balaban J connectivity index is 2.07. The lowest BCUT2D eigenvalue weighted by atomic mass is 10.2. The number of carbonyl (C=O) groups is 1. The zero-order valence-corrected chi connectivity index (χ0v) is 10.9. The van der Waals surface area contributed by atoms with E-state index < -0.39 is 5.97 Å². The predicted octanol–water partition coefficient (Wildman–Crippen LogP) is 2.55. The second kappa shape index (κ2) is 5.59. The monoisotopic (exact) mass is 307 g/mol. The number of aromatic nitrogens is 2. The summed E-state index contributed by atoms with van der Waals surface area (Å²) in [6.45, 7) is 0.534. The summed E-state index contributed by atoms with van der Waals surface area (Å²) in [5.41, 5.74) is 1.87. The Morgan fingerprint density at radius 2 is 2.22 bits per heavy atom. The molecule has 2 aromatic rings. The number of carboxylic acid groups (broad SMARTS) is 1. The van der Waals surface area contributed by atoms with E-state index in [0.717, 1.165) is 11.4 Å². The van der Waals surface area contributed by atoms with E-state index >= 15 is 0 Å². The van der Waals surface area contributed by atoms with Crippen LogP contribution in [0.1, 0.15) is 16.1 Å². The molecule has 0 aliphatic heterocycles. The van der Waals surface area contributed by atoms with Crippen molar-refractivity contribution in [1.82, 2.24) is 10.2 Å². The summed E-state index contributed by atoms with van der Waals surface area (Å²) in [6.07, 6.45) is 1.61. The lowest BCUT2D eigenvalue weighted by molar-refractivity contribution is 0.0696. The van der Waals surface area contributed by atoms with Crippen molar-refractivity contribution in [3.8, 4) is 0 Å². The molecule has 18 heavy (non-hydrogen) atoms. The smallest absolute Gasteiger partial charge is 0.336 e. The van der Waals surface area contributed by atoms with Gasteiger partial charge in [0, 0.05) is 16.4 Å². The van der Waals surface area contributed by atoms with E-state index in [1.54, 1.807) is 24.4 Å². The molecule has 0 atom stereocenters. The fraction of sp³-hybridized carbons (Fsp3) is 0.0833. The molecule has 0 fully saturated rings. The molecular formula is C12H10BrN3O2. The van der Waals surface area contributed by atoms with E-state index in [-0.39, 0.29) is 5.56 Å². The van der Waals surface area contributed by atoms with Gasteiger partial charge in [0.25, 0.3) is 0 Å². The predicted molar refractivity (Wildman–Crippen MR) is 70.5 cm³/mol. The molecule has 6 heteroatoms. The van der Waals surface area contributed by atoms with Gasteiger partial charge in [-0.2, -0.15) is 10.2 Å². The zero-order chi connectivity index (χ0) is 13.0. The normalized spacial score (nSPS) is 10.1. The van der Waals surface area contributed by atoms with Gasteiger partial charge >= 0.3 is 5.97 Å². The molecule has 2 rings (SSSR count). The lowest BCUT2D eigenvalue weighted by Crippen LogP contribution is -2.03. The summed E-state index contributed by atoms with van der Waals surface area (Å²) in [5, 5.41) is 19.8. The highest BCUT2D eigenvalue weighted by Gasteiger charge is 2.08. The van der Waals surface area contributed by atoms with Gasteiger partial charge in [-0.25, -0.2) is 4.79 Å². The van der Waals surface area contributed by atoms with Crippen LogP contribution in [0.4, 0.5) is 5.69 Å². The quantitative estimate of drug-likeness (QED) is 0.908. The lowest BCUT2D eigenvalue weighted by Gasteiger charge is -2.07. The molecule has 92 valence electrons. The van der Waals surface area contributed by atoms with E-state index in [1.807, 2.05) is 12.1 Å². The van der Waals surface area contributed by atoms with E-state index in [1.165, 1.54) is 0 Å². The Kier molecular flexibility index (Phi) is 3.88. The maximum atomic E-state index is 10.8. The van der Waals surface area contributed by atoms with Gasteiger partial charge in [0.15, 0.2) is 0 Å². The third kappa shape index (κ3) is 3.04. The summed E-state index contributed by atoms with van der Waals surface area (Å²) < 4.78 is 0.541. The number of halogens is 1. The molecule has 0 aliphatic carbocycles. The number of carboxylic acids is 1. The molecule has 0 amide bonds. The average Bonchev–Trinajstić information content (AvgIpc) is 2.37.